The smallest absolute Gasteiger partial charge is 0.243 e. The summed E-state index contributed by atoms with van der Waals surface area (Å²) in [5.41, 5.74) is 1.38. The van der Waals surface area contributed by atoms with E-state index in [0.717, 1.165) is 34.3 Å². The zero-order valence-electron chi connectivity index (χ0n) is 23.0. The number of hydrogen-bond acceptors (Lipinski definition) is 4. The van der Waals surface area contributed by atoms with Gasteiger partial charge in [-0.05, 0) is 48.2 Å². The Bertz CT molecular complexity index is 1420. The Morgan fingerprint density at radius 1 is 0.902 bits per heavy atom. The molecule has 0 aliphatic heterocycles. The van der Waals surface area contributed by atoms with E-state index in [-0.39, 0.29) is 43.9 Å². The van der Waals surface area contributed by atoms with Crippen molar-refractivity contribution in [3.63, 3.8) is 0 Å². The molecule has 0 spiro atoms. The maximum Gasteiger partial charge on any atom is 0.243 e. The van der Waals surface area contributed by atoms with E-state index in [4.69, 9.17) is 0 Å². The van der Waals surface area contributed by atoms with Gasteiger partial charge in [-0.15, -0.1) is 0 Å². The van der Waals surface area contributed by atoms with Gasteiger partial charge in [0.25, 0.3) is 0 Å². The Hall–Kier alpha value is -3.86. The predicted molar refractivity (Wildman–Crippen MR) is 152 cm³/mol. The van der Waals surface area contributed by atoms with Gasteiger partial charge in [0, 0.05) is 38.5 Å². The maximum atomic E-state index is 13.8. The summed E-state index contributed by atoms with van der Waals surface area (Å²) in [5, 5.41) is 2.86. The van der Waals surface area contributed by atoms with Crippen molar-refractivity contribution in [3.8, 4) is 0 Å². The van der Waals surface area contributed by atoms with Gasteiger partial charge < -0.3 is 10.2 Å². The van der Waals surface area contributed by atoms with Crippen molar-refractivity contribution in [1.82, 2.24) is 10.2 Å². The van der Waals surface area contributed by atoms with E-state index < -0.39 is 39.4 Å². The predicted octanol–water partition coefficient (Wildman–Crippen LogP) is 4.82. The summed E-state index contributed by atoms with van der Waals surface area (Å²) in [5.74, 6) is -3.50. The molecule has 0 radical (unpaired) electrons. The molecule has 0 saturated heterocycles. The molecule has 0 aromatic heterocycles. The molecule has 3 aromatic carbocycles. The third kappa shape index (κ3) is 9.34. The van der Waals surface area contributed by atoms with Gasteiger partial charge in [0.1, 0.15) is 11.9 Å². The van der Waals surface area contributed by atoms with Crippen LogP contribution in [0.3, 0.4) is 0 Å². The monoisotopic (exact) mass is 589 g/mol. The summed E-state index contributed by atoms with van der Waals surface area (Å²) in [7, 11) is -3.88. The molecule has 1 N–H and O–H groups in total. The first-order valence-corrected chi connectivity index (χ1v) is 15.1. The lowest BCUT2D eigenvalue weighted by molar-refractivity contribution is -0.141. The molecule has 3 aromatic rings. The Morgan fingerprint density at radius 2 is 1.59 bits per heavy atom. The van der Waals surface area contributed by atoms with Gasteiger partial charge >= 0.3 is 0 Å². The van der Waals surface area contributed by atoms with Gasteiger partial charge in [-0.25, -0.2) is 21.6 Å². The van der Waals surface area contributed by atoms with Crippen LogP contribution in [-0.4, -0.2) is 50.5 Å². The molecule has 11 heteroatoms. The largest absolute Gasteiger partial charge is 0.354 e. The van der Waals surface area contributed by atoms with Gasteiger partial charge in [-0.1, -0.05) is 49.4 Å². The van der Waals surface area contributed by atoms with E-state index in [2.05, 4.69) is 5.32 Å². The Labute approximate surface area is 239 Å². The molecule has 0 aliphatic carbocycles. The number of carbonyl (C=O) groups is 2. The summed E-state index contributed by atoms with van der Waals surface area (Å²) in [6.07, 6.45) is 1.77. The molecule has 3 rings (SSSR count). The highest BCUT2D eigenvalue weighted by Gasteiger charge is 2.30. The lowest BCUT2D eigenvalue weighted by Crippen LogP contribution is -2.50. The summed E-state index contributed by atoms with van der Waals surface area (Å²) in [6, 6.07) is 16.7. The molecule has 0 fully saturated rings. The highest BCUT2D eigenvalue weighted by atomic mass is 32.2. The second-order valence-electron chi connectivity index (χ2n) is 9.68. The van der Waals surface area contributed by atoms with E-state index >= 15 is 0 Å². The molecule has 0 unspecified atom stereocenters. The quantitative estimate of drug-likeness (QED) is 0.292. The highest BCUT2D eigenvalue weighted by Crippen LogP contribution is 2.22. The minimum Gasteiger partial charge on any atom is -0.354 e. The normalized spacial score (nSPS) is 12.0. The summed E-state index contributed by atoms with van der Waals surface area (Å²) in [6.45, 7) is 2.18. The van der Waals surface area contributed by atoms with Crippen LogP contribution in [0.15, 0.2) is 72.8 Å². The van der Waals surface area contributed by atoms with Crippen LogP contribution in [0, 0.1) is 17.5 Å². The second-order valence-corrected chi connectivity index (χ2v) is 11.6. The third-order valence-corrected chi connectivity index (χ3v) is 7.62. The summed E-state index contributed by atoms with van der Waals surface area (Å²) >= 11 is 0. The molecule has 7 nitrogen and oxygen atoms in total. The highest BCUT2D eigenvalue weighted by molar-refractivity contribution is 7.92. The molecule has 0 saturated carbocycles. The van der Waals surface area contributed by atoms with Crippen LogP contribution >= 0.6 is 0 Å². The molecular weight excluding hydrogens is 555 g/mol. The van der Waals surface area contributed by atoms with E-state index in [0.29, 0.717) is 18.5 Å². The molecule has 0 heterocycles. The Balaban J connectivity index is 1.87. The number of carbonyl (C=O) groups excluding carboxylic acids is 2. The van der Waals surface area contributed by atoms with Crippen molar-refractivity contribution in [3.05, 3.63) is 101 Å². The number of rotatable bonds is 14. The number of nitrogens with zero attached hydrogens (tertiary/aromatic N) is 2. The van der Waals surface area contributed by atoms with Crippen molar-refractivity contribution in [2.24, 2.45) is 0 Å². The van der Waals surface area contributed by atoms with Crippen LogP contribution < -0.4 is 9.62 Å². The molecule has 2 amide bonds. The van der Waals surface area contributed by atoms with Crippen LogP contribution in [-0.2, 0) is 32.6 Å². The van der Waals surface area contributed by atoms with Crippen LogP contribution in [0.25, 0.3) is 0 Å². The van der Waals surface area contributed by atoms with Gasteiger partial charge in [0.05, 0.1) is 11.9 Å². The first-order chi connectivity index (χ1) is 19.5. The lowest BCUT2D eigenvalue weighted by atomic mass is 10.0. The Kier molecular flexibility index (Phi) is 11.3. The van der Waals surface area contributed by atoms with Gasteiger partial charge in [-0.3, -0.25) is 13.9 Å². The van der Waals surface area contributed by atoms with Gasteiger partial charge in [0.2, 0.25) is 21.8 Å². The average molecular weight is 590 g/mol. The molecule has 0 bridgehead atoms. The van der Waals surface area contributed by atoms with Crippen molar-refractivity contribution < 1.29 is 31.2 Å². The molecule has 1 atom stereocenters. The van der Waals surface area contributed by atoms with Crippen molar-refractivity contribution >= 4 is 27.5 Å². The zero-order chi connectivity index (χ0) is 30.0. The molecule has 41 heavy (non-hydrogen) atoms. The Morgan fingerprint density at radius 3 is 2.20 bits per heavy atom. The molecule has 0 aliphatic rings. The first kappa shape index (κ1) is 31.7. The topological polar surface area (TPSA) is 86.8 Å². The molecule has 220 valence electrons. The minimum absolute atomic E-state index is 0.0229. The number of nitrogens with one attached hydrogen (secondary N) is 1. The maximum absolute atomic E-state index is 13.8. The van der Waals surface area contributed by atoms with Gasteiger partial charge in [-0.2, -0.15) is 0 Å². The fraction of sp³-hybridized carbons (Fsp3) is 0.333. The summed E-state index contributed by atoms with van der Waals surface area (Å²) in [4.78, 5) is 28.4. The van der Waals surface area contributed by atoms with E-state index in [1.165, 1.54) is 29.2 Å². The van der Waals surface area contributed by atoms with E-state index in [1.807, 2.05) is 37.3 Å². The number of sulfonamides is 1. The fourth-order valence-corrected chi connectivity index (χ4v) is 5.31. The number of benzene rings is 3. The zero-order valence-corrected chi connectivity index (χ0v) is 23.8. The first-order valence-electron chi connectivity index (χ1n) is 13.3. The van der Waals surface area contributed by atoms with E-state index in [1.54, 1.807) is 0 Å². The van der Waals surface area contributed by atoms with Gasteiger partial charge in [0.15, 0.2) is 11.6 Å². The standard InChI is InChI=1S/C30H34F3N3O4S/c1-3-17-34-30(38)28(19-22-8-5-4-6-9-22)35(21-23-11-13-24(31)14-12-23)29(37)10-7-18-36(41(2,39)40)25-15-16-26(32)27(33)20-25/h4-6,8-9,11-16,20,28H,3,7,10,17-19,21H2,1-2H3,(H,34,38)/t28-/m0/s1. The lowest BCUT2D eigenvalue weighted by Gasteiger charge is -2.32. The average Bonchev–Trinajstić information content (AvgIpc) is 2.94. The minimum atomic E-state index is -3.88. The van der Waals surface area contributed by atoms with Crippen molar-refractivity contribution in [2.75, 3.05) is 23.7 Å². The number of amides is 2. The summed E-state index contributed by atoms with van der Waals surface area (Å²) < 4.78 is 66.6. The third-order valence-electron chi connectivity index (χ3n) is 6.43. The van der Waals surface area contributed by atoms with Crippen molar-refractivity contribution in [1.29, 1.82) is 0 Å². The molecular formula is C30H34F3N3O4S. The SMILES string of the molecule is CCCNC(=O)[C@H](Cc1ccccc1)N(Cc1ccc(F)cc1)C(=O)CCCN(c1ccc(F)c(F)c1)S(C)(=O)=O. The van der Waals surface area contributed by atoms with Crippen LogP contribution in [0.5, 0.6) is 0 Å². The number of hydrogen-bond donors (Lipinski definition) is 1. The van der Waals surface area contributed by atoms with Crippen molar-refractivity contribution in [2.45, 2.75) is 45.2 Å². The number of anilines is 1. The van der Waals surface area contributed by atoms with Crippen LogP contribution in [0.4, 0.5) is 18.9 Å². The number of halogens is 3. The van der Waals surface area contributed by atoms with E-state index in [9.17, 15) is 31.2 Å². The fourth-order valence-electron chi connectivity index (χ4n) is 4.35. The second kappa shape index (κ2) is 14.7. The van der Waals surface area contributed by atoms with Crippen LogP contribution in [0.1, 0.15) is 37.3 Å². The van der Waals surface area contributed by atoms with Crippen LogP contribution in [0.2, 0.25) is 0 Å².